The third-order valence-electron chi connectivity index (χ3n) is 2.97. The van der Waals surface area contributed by atoms with E-state index >= 15 is 0 Å². The van der Waals surface area contributed by atoms with Gasteiger partial charge in [-0.3, -0.25) is 4.79 Å². The topological polar surface area (TPSA) is 54.6 Å². The van der Waals surface area contributed by atoms with Gasteiger partial charge < -0.3 is 9.73 Å². The zero-order chi connectivity index (χ0) is 15.4. The lowest BCUT2D eigenvalue weighted by Crippen LogP contribution is -2.19. The van der Waals surface area contributed by atoms with Gasteiger partial charge in [-0.05, 0) is 55.1 Å². The van der Waals surface area contributed by atoms with Crippen LogP contribution >= 0.6 is 11.8 Å². The third-order valence-corrected chi connectivity index (χ3v) is 3.89. The minimum atomic E-state index is -0.139. The van der Waals surface area contributed by atoms with E-state index < -0.39 is 0 Å². The summed E-state index contributed by atoms with van der Waals surface area (Å²) < 4.78 is 5.19. The molecular weight excluding hydrogens is 296 g/mol. The highest BCUT2D eigenvalue weighted by atomic mass is 32.2. The number of carbonyl (C=O) groups excluding carboxylic acids is 1. The van der Waals surface area contributed by atoms with E-state index in [9.17, 15) is 4.79 Å². The second-order valence-corrected chi connectivity index (χ2v) is 5.74. The number of carbonyl (C=O) groups is 1. The first-order valence-electron chi connectivity index (χ1n) is 6.77. The van der Waals surface area contributed by atoms with Gasteiger partial charge in [0.15, 0.2) is 5.17 Å². The number of nitrogens with zero attached hydrogens (tertiary/aromatic N) is 1. The molecule has 0 atom stereocenters. The van der Waals surface area contributed by atoms with Gasteiger partial charge in [0.05, 0.1) is 16.9 Å². The van der Waals surface area contributed by atoms with Crippen LogP contribution in [0, 0.1) is 6.92 Å². The van der Waals surface area contributed by atoms with Crippen molar-refractivity contribution in [3.8, 4) is 0 Å². The van der Waals surface area contributed by atoms with Crippen molar-refractivity contribution in [3.63, 3.8) is 0 Å². The molecule has 0 unspecified atom stereocenters. The monoisotopic (exact) mass is 310 g/mol. The van der Waals surface area contributed by atoms with Crippen molar-refractivity contribution >= 4 is 34.6 Å². The first-order valence-corrected chi connectivity index (χ1v) is 7.59. The Hall–Kier alpha value is -2.53. The maximum absolute atomic E-state index is 11.9. The molecule has 2 heterocycles. The Bertz CT molecular complexity index is 756. The summed E-state index contributed by atoms with van der Waals surface area (Å²) in [5, 5.41) is 3.35. The molecule has 0 bridgehead atoms. The minimum Gasteiger partial charge on any atom is -0.465 e. The fourth-order valence-corrected chi connectivity index (χ4v) is 2.64. The van der Waals surface area contributed by atoms with Crippen molar-refractivity contribution in [2.24, 2.45) is 4.99 Å². The van der Waals surface area contributed by atoms with Gasteiger partial charge in [0, 0.05) is 0 Å². The number of furan rings is 1. The van der Waals surface area contributed by atoms with Crippen LogP contribution in [0.2, 0.25) is 0 Å². The van der Waals surface area contributed by atoms with Crippen LogP contribution in [-0.2, 0) is 4.79 Å². The van der Waals surface area contributed by atoms with Crippen LogP contribution in [0.1, 0.15) is 11.3 Å². The van der Waals surface area contributed by atoms with Gasteiger partial charge in [-0.2, -0.15) is 0 Å². The van der Waals surface area contributed by atoms with E-state index in [1.54, 1.807) is 24.5 Å². The predicted molar refractivity (Wildman–Crippen MR) is 89.8 cm³/mol. The number of amidine groups is 1. The molecular formula is C17H14N2O2S. The largest absolute Gasteiger partial charge is 0.465 e. The van der Waals surface area contributed by atoms with Crippen LogP contribution in [-0.4, -0.2) is 11.1 Å². The molecule has 1 N–H and O–H groups in total. The Morgan fingerprint density at radius 3 is 2.77 bits per heavy atom. The average molecular weight is 310 g/mol. The molecule has 1 aliphatic rings. The van der Waals surface area contributed by atoms with E-state index in [2.05, 4.69) is 10.3 Å². The highest BCUT2D eigenvalue weighted by Crippen LogP contribution is 2.26. The highest BCUT2D eigenvalue weighted by Gasteiger charge is 2.22. The number of allylic oxidation sites excluding steroid dienone is 2. The number of nitrogens with one attached hydrogen (secondary N) is 1. The van der Waals surface area contributed by atoms with Crippen LogP contribution in [0.5, 0.6) is 0 Å². The third kappa shape index (κ3) is 3.56. The van der Waals surface area contributed by atoms with Gasteiger partial charge >= 0.3 is 0 Å². The highest BCUT2D eigenvalue weighted by molar-refractivity contribution is 8.18. The smallest absolute Gasteiger partial charge is 0.264 e. The number of hydrogen-bond acceptors (Lipinski definition) is 4. The Morgan fingerprint density at radius 1 is 1.23 bits per heavy atom. The summed E-state index contributed by atoms with van der Waals surface area (Å²) in [5.41, 5.74) is 2.00. The van der Waals surface area contributed by atoms with Gasteiger partial charge in [-0.25, -0.2) is 4.99 Å². The maximum atomic E-state index is 11.9. The number of aliphatic imine (C=N–C) groups is 1. The van der Waals surface area contributed by atoms with E-state index in [1.807, 2.05) is 43.3 Å². The van der Waals surface area contributed by atoms with Crippen molar-refractivity contribution in [3.05, 3.63) is 71.0 Å². The lowest BCUT2D eigenvalue weighted by Gasteiger charge is -1.96. The summed E-state index contributed by atoms with van der Waals surface area (Å²) in [6.45, 7) is 2.02. The fraction of sp³-hybridized carbons (Fsp3) is 0.0588. The van der Waals surface area contributed by atoms with Gasteiger partial charge in [-0.1, -0.05) is 23.8 Å². The Balaban J connectivity index is 1.71. The molecule has 1 aromatic carbocycles. The molecule has 0 spiro atoms. The Labute approximate surface area is 132 Å². The summed E-state index contributed by atoms with van der Waals surface area (Å²) in [7, 11) is 0. The van der Waals surface area contributed by atoms with Crippen LogP contribution in [0.15, 0.2) is 69.1 Å². The molecule has 1 amide bonds. The van der Waals surface area contributed by atoms with Crippen molar-refractivity contribution in [2.75, 3.05) is 0 Å². The van der Waals surface area contributed by atoms with Crippen molar-refractivity contribution in [1.82, 2.24) is 5.32 Å². The van der Waals surface area contributed by atoms with E-state index in [-0.39, 0.29) is 5.91 Å². The lowest BCUT2D eigenvalue weighted by atomic mass is 10.2. The average Bonchev–Trinajstić information content (AvgIpc) is 3.12. The molecule has 1 saturated heterocycles. The molecule has 1 aromatic heterocycles. The second kappa shape index (κ2) is 6.49. The van der Waals surface area contributed by atoms with Gasteiger partial charge in [-0.15, -0.1) is 0 Å². The molecule has 0 saturated carbocycles. The van der Waals surface area contributed by atoms with Crippen LogP contribution in [0.25, 0.3) is 6.08 Å². The standard InChI is InChI=1S/C17H14N2O2S/c1-12-7-9-13(10-8-12)18-17-19-16(20)15(22-17)6-2-4-14-5-3-11-21-14/h2-11H,1H3,(H,18,19,20)/b4-2+,15-6+. The zero-order valence-corrected chi connectivity index (χ0v) is 12.8. The van der Waals surface area contributed by atoms with E-state index in [0.717, 1.165) is 11.4 Å². The number of thioether (sulfide) groups is 1. The first kappa shape index (κ1) is 14.4. The summed E-state index contributed by atoms with van der Waals surface area (Å²) in [4.78, 5) is 16.9. The molecule has 0 radical (unpaired) electrons. The van der Waals surface area contributed by atoms with Crippen molar-refractivity contribution in [1.29, 1.82) is 0 Å². The molecule has 1 aliphatic heterocycles. The van der Waals surface area contributed by atoms with E-state index in [1.165, 1.54) is 17.3 Å². The molecule has 3 rings (SSSR count). The molecule has 4 nitrogen and oxygen atoms in total. The Kier molecular flexibility index (Phi) is 4.25. The number of rotatable bonds is 3. The molecule has 5 heteroatoms. The molecule has 1 fully saturated rings. The van der Waals surface area contributed by atoms with E-state index in [4.69, 9.17) is 4.42 Å². The SMILES string of the molecule is Cc1ccc(N=C2NC(=O)/C(=C\C=C\c3ccco3)S2)cc1. The van der Waals surface area contributed by atoms with E-state index in [0.29, 0.717) is 10.1 Å². The molecule has 0 aliphatic carbocycles. The number of amides is 1. The van der Waals surface area contributed by atoms with Gasteiger partial charge in [0.2, 0.25) is 0 Å². The molecule has 22 heavy (non-hydrogen) atoms. The summed E-state index contributed by atoms with van der Waals surface area (Å²) in [5.74, 6) is 0.605. The van der Waals surface area contributed by atoms with Crippen LogP contribution in [0.3, 0.4) is 0 Å². The quantitative estimate of drug-likeness (QED) is 0.871. The number of benzene rings is 1. The van der Waals surface area contributed by atoms with Crippen LogP contribution < -0.4 is 5.32 Å². The maximum Gasteiger partial charge on any atom is 0.264 e. The predicted octanol–water partition coefficient (Wildman–Crippen LogP) is 4.04. The number of aryl methyl sites for hydroxylation is 1. The van der Waals surface area contributed by atoms with Gasteiger partial charge in [0.25, 0.3) is 5.91 Å². The van der Waals surface area contributed by atoms with Gasteiger partial charge in [0.1, 0.15) is 5.76 Å². The zero-order valence-electron chi connectivity index (χ0n) is 11.9. The summed E-state index contributed by atoms with van der Waals surface area (Å²) in [6, 6.07) is 11.5. The normalized spacial score (nSPS) is 18.5. The molecule has 110 valence electrons. The lowest BCUT2D eigenvalue weighted by molar-refractivity contribution is -0.115. The molecule has 2 aromatic rings. The van der Waals surface area contributed by atoms with Crippen LogP contribution in [0.4, 0.5) is 5.69 Å². The summed E-state index contributed by atoms with van der Waals surface area (Å²) >= 11 is 1.32. The number of hydrogen-bond donors (Lipinski definition) is 1. The summed E-state index contributed by atoms with van der Waals surface area (Å²) in [6.07, 6.45) is 6.95. The minimum absolute atomic E-state index is 0.139. The second-order valence-electron chi connectivity index (χ2n) is 4.71. The fourth-order valence-electron chi connectivity index (χ4n) is 1.85. The van der Waals surface area contributed by atoms with Crippen molar-refractivity contribution in [2.45, 2.75) is 6.92 Å². The van der Waals surface area contributed by atoms with Crippen molar-refractivity contribution < 1.29 is 9.21 Å². The Morgan fingerprint density at radius 2 is 2.05 bits per heavy atom. The first-order chi connectivity index (χ1) is 10.7.